The van der Waals surface area contributed by atoms with Gasteiger partial charge in [-0.05, 0) is 42.5 Å². The smallest absolute Gasteiger partial charge is 0.174 e. The van der Waals surface area contributed by atoms with Crippen LogP contribution in [0.2, 0.25) is 10.0 Å². The van der Waals surface area contributed by atoms with E-state index in [4.69, 9.17) is 23.2 Å². The number of hydrogen-bond donors (Lipinski definition) is 0. The lowest BCUT2D eigenvalue weighted by Crippen LogP contribution is -2.03. The number of ketones is 1. The van der Waals surface area contributed by atoms with Gasteiger partial charge in [0.25, 0.3) is 0 Å². The van der Waals surface area contributed by atoms with Crippen LogP contribution < -0.4 is 0 Å². The first-order valence-electron chi connectivity index (χ1n) is 5.43. The molecule has 2 aromatic rings. The predicted octanol–water partition coefficient (Wildman–Crippen LogP) is 5.11. The molecule has 0 radical (unpaired) electrons. The Morgan fingerprint density at radius 1 is 1.11 bits per heavy atom. The fourth-order valence-electron chi connectivity index (χ4n) is 1.47. The van der Waals surface area contributed by atoms with Gasteiger partial charge in [0.15, 0.2) is 5.78 Å². The molecule has 0 amide bonds. The topological polar surface area (TPSA) is 17.1 Å². The van der Waals surface area contributed by atoms with Crippen LogP contribution in [0.1, 0.15) is 10.4 Å². The standard InChI is InChI=1S/C14H9Cl2FOS/c15-9-1-6-13(16)12(7-9)14(18)8-19-11-4-2-10(17)3-5-11/h1-7H,8H2. The molecule has 0 aliphatic rings. The van der Waals surface area contributed by atoms with E-state index in [2.05, 4.69) is 0 Å². The summed E-state index contributed by atoms with van der Waals surface area (Å²) in [7, 11) is 0. The molecule has 0 aliphatic carbocycles. The zero-order valence-electron chi connectivity index (χ0n) is 9.70. The first kappa shape index (κ1) is 14.4. The summed E-state index contributed by atoms with van der Waals surface area (Å²) >= 11 is 13.1. The molecule has 0 aliphatic heterocycles. The lowest BCUT2D eigenvalue weighted by molar-refractivity contribution is 0.102. The second-order valence-corrected chi connectivity index (χ2v) is 5.68. The quantitative estimate of drug-likeness (QED) is 0.576. The normalized spacial score (nSPS) is 10.5. The number of benzene rings is 2. The Morgan fingerprint density at radius 3 is 2.47 bits per heavy atom. The van der Waals surface area contributed by atoms with Gasteiger partial charge in [-0.25, -0.2) is 4.39 Å². The number of thioether (sulfide) groups is 1. The van der Waals surface area contributed by atoms with E-state index in [1.165, 1.54) is 23.9 Å². The van der Waals surface area contributed by atoms with Crippen molar-refractivity contribution in [1.29, 1.82) is 0 Å². The number of hydrogen-bond acceptors (Lipinski definition) is 2. The van der Waals surface area contributed by atoms with Crippen LogP contribution in [0.25, 0.3) is 0 Å². The Hall–Kier alpha value is -1.03. The molecule has 0 saturated carbocycles. The number of carbonyl (C=O) groups is 1. The van der Waals surface area contributed by atoms with Crippen LogP contribution >= 0.6 is 35.0 Å². The third-order valence-corrected chi connectivity index (χ3v) is 3.99. The van der Waals surface area contributed by atoms with Crippen molar-refractivity contribution >= 4 is 40.7 Å². The molecule has 2 aromatic carbocycles. The van der Waals surface area contributed by atoms with Crippen molar-refractivity contribution < 1.29 is 9.18 Å². The highest BCUT2D eigenvalue weighted by molar-refractivity contribution is 8.00. The molecule has 98 valence electrons. The van der Waals surface area contributed by atoms with Gasteiger partial charge in [0.05, 0.1) is 10.8 Å². The summed E-state index contributed by atoms with van der Waals surface area (Å²) in [4.78, 5) is 12.8. The molecule has 2 rings (SSSR count). The summed E-state index contributed by atoms with van der Waals surface area (Å²) in [6, 6.07) is 10.8. The molecule has 0 saturated heterocycles. The van der Waals surface area contributed by atoms with Gasteiger partial charge in [-0.15, -0.1) is 11.8 Å². The van der Waals surface area contributed by atoms with Crippen molar-refractivity contribution in [3.05, 3.63) is 63.9 Å². The zero-order chi connectivity index (χ0) is 13.8. The third-order valence-electron chi connectivity index (χ3n) is 2.41. The monoisotopic (exact) mass is 314 g/mol. The van der Waals surface area contributed by atoms with E-state index in [9.17, 15) is 9.18 Å². The average Bonchev–Trinajstić information content (AvgIpc) is 2.40. The molecule has 5 heteroatoms. The molecule has 0 bridgehead atoms. The van der Waals surface area contributed by atoms with E-state index in [0.29, 0.717) is 15.6 Å². The van der Waals surface area contributed by atoms with Gasteiger partial charge >= 0.3 is 0 Å². The maximum Gasteiger partial charge on any atom is 0.174 e. The highest BCUT2D eigenvalue weighted by Crippen LogP contribution is 2.24. The predicted molar refractivity (Wildman–Crippen MR) is 77.9 cm³/mol. The van der Waals surface area contributed by atoms with Crippen molar-refractivity contribution in [1.82, 2.24) is 0 Å². The lowest BCUT2D eigenvalue weighted by Gasteiger charge is -2.04. The molecule has 0 N–H and O–H groups in total. The molecule has 0 aromatic heterocycles. The van der Waals surface area contributed by atoms with E-state index in [0.717, 1.165) is 4.90 Å². The summed E-state index contributed by atoms with van der Waals surface area (Å²) in [5.41, 5.74) is 0.406. The highest BCUT2D eigenvalue weighted by atomic mass is 35.5. The van der Waals surface area contributed by atoms with E-state index in [1.807, 2.05) is 0 Å². The number of Topliss-reactive ketones (excluding diaryl/α,β-unsaturated/α-hetero) is 1. The third kappa shape index (κ3) is 3.96. The molecular weight excluding hydrogens is 306 g/mol. The van der Waals surface area contributed by atoms with Gasteiger partial charge < -0.3 is 0 Å². The zero-order valence-corrected chi connectivity index (χ0v) is 12.0. The Bertz CT molecular complexity index is 599. The Kier molecular flexibility index (Phi) is 4.86. The lowest BCUT2D eigenvalue weighted by atomic mass is 10.1. The van der Waals surface area contributed by atoms with Gasteiger partial charge in [0.1, 0.15) is 5.82 Å². The van der Waals surface area contributed by atoms with E-state index >= 15 is 0 Å². The summed E-state index contributed by atoms with van der Waals surface area (Å²) in [6.45, 7) is 0. The molecular formula is C14H9Cl2FOS. The molecule has 0 heterocycles. The summed E-state index contributed by atoms with van der Waals surface area (Å²) in [6.07, 6.45) is 0. The van der Waals surface area contributed by atoms with Crippen molar-refractivity contribution in [3.8, 4) is 0 Å². The van der Waals surface area contributed by atoms with Crippen molar-refractivity contribution in [3.63, 3.8) is 0 Å². The van der Waals surface area contributed by atoms with Crippen LogP contribution in [-0.4, -0.2) is 11.5 Å². The summed E-state index contributed by atoms with van der Waals surface area (Å²) in [5, 5.41) is 0.855. The van der Waals surface area contributed by atoms with Crippen LogP contribution in [0.4, 0.5) is 4.39 Å². The van der Waals surface area contributed by atoms with E-state index in [-0.39, 0.29) is 17.4 Å². The van der Waals surface area contributed by atoms with E-state index < -0.39 is 0 Å². The Labute approximate surface area is 124 Å². The maximum absolute atomic E-state index is 12.7. The van der Waals surface area contributed by atoms with Gasteiger partial charge in [-0.2, -0.15) is 0 Å². The second kappa shape index (κ2) is 6.42. The fraction of sp³-hybridized carbons (Fsp3) is 0.0714. The first-order valence-corrected chi connectivity index (χ1v) is 7.17. The van der Waals surface area contributed by atoms with Crippen LogP contribution in [0.15, 0.2) is 47.4 Å². The number of rotatable bonds is 4. The average molecular weight is 315 g/mol. The minimum absolute atomic E-state index is 0.109. The van der Waals surface area contributed by atoms with Gasteiger partial charge in [0.2, 0.25) is 0 Å². The van der Waals surface area contributed by atoms with Crippen LogP contribution in [0, 0.1) is 5.82 Å². The molecule has 0 atom stereocenters. The van der Waals surface area contributed by atoms with Gasteiger partial charge in [-0.3, -0.25) is 4.79 Å². The van der Waals surface area contributed by atoms with Crippen molar-refractivity contribution in [2.75, 3.05) is 5.75 Å². The summed E-state index contributed by atoms with van der Waals surface area (Å²) in [5.74, 6) is -0.179. The minimum atomic E-state index is -0.298. The minimum Gasteiger partial charge on any atom is -0.293 e. The maximum atomic E-state index is 12.7. The van der Waals surface area contributed by atoms with Crippen LogP contribution in [-0.2, 0) is 0 Å². The molecule has 0 fully saturated rings. The number of halogens is 3. The Balaban J connectivity index is 2.05. The largest absolute Gasteiger partial charge is 0.293 e. The van der Waals surface area contributed by atoms with Crippen LogP contribution in [0.5, 0.6) is 0 Å². The number of carbonyl (C=O) groups excluding carboxylic acids is 1. The first-order chi connectivity index (χ1) is 9.06. The summed E-state index contributed by atoms with van der Waals surface area (Å²) < 4.78 is 12.7. The Morgan fingerprint density at radius 2 is 1.79 bits per heavy atom. The second-order valence-electron chi connectivity index (χ2n) is 3.79. The van der Waals surface area contributed by atoms with Crippen molar-refractivity contribution in [2.24, 2.45) is 0 Å². The van der Waals surface area contributed by atoms with E-state index in [1.54, 1.807) is 30.3 Å². The van der Waals surface area contributed by atoms with Gasteiger partial charge in [0, 0.05) is 15.5 Å². The van der Waals surface area contributed by atoms with Gasteiger partial charge in [-0.1, -0.05) is 23.2 Å². The molecule has 0 spiro atoms. The highest BCUT2D eigenvalue weighted by Gasteiger charge is 2.11. The van der Waals surface area contributed by atoms with Crippen molar-refractivity contribution in [2.45, 2.75) is 4.90 Å². The molecule has 0 unspecified atom stereocenters. The molecule has 1 nitrogen and oxygen atoms in total. The van der Waals surface area contributed by atoms with Crippen LogP contribution in [0.3, 0.4) is 0 Å². The molecule has 19 heavy (non-hydrogen) atoms. The fourth-order valence-corrected chi connectivity index (χ4v) is 2.65. The SMILES string of the molecule is O=C(CSc1ccc(F)cc1)c1cc(Cl)ccc1Cl.